The molecule has 0 aromatic heterocycles. The Morgan fingerprint density at radius 1 is 1.14 bits per heavy atom. The molecule has 1 atom stereocenters. The van der Waals surface area contributed by atoms with Gasteiger partial charge in [-0.1, -0.05) is 53.2 Å². The van der Waals surface area contributed by atoms with Crippen molar-refractivity contribution in [2.45, 2.75) is 12.8 Å². The van der Waals surface area contributed by atoms with Crippen LogP contribution >= 0.6 is 15.9 Å². The minimum atomic E-state index is -0.110. The summed E-state index contributed by atoms with van der Waals surface area (Å²) in [5, 5.41) is 2.89. The highest BCUT2D eigenvalue weighted by Gasteiger charge is 2.08. The molecule has 0 spiro atoms. The number of hydrogen-bond acceptors (Lipinski definition) is 2. The monoisotopic (exact) mass is 347 g/mol. The van der Waals surface area contributed by atoms with E-state index in [1.165, 1.54) is 5.56 Å². The molecule has 1 N–H and O–H groups in total. The number of carbonyl (C=O) groups excluding carboxylic acids is 1. The van der Waals surface area contributed by atoms with Crippen LogP contribution in [0, 0.1) is 0 Å². The zero-order chi connectivity index (χ0) is 15.1. The quantitative estimate of drug-likeness (QED) is 0.864. The van der Waals surface area contributed by atoms with Crippen LogP contribution < -0.4 is 10.1 Å². The summed E-state index contributed by atoms with van der Waals surface area (Å²) >= 11 is 3.35. The Labute approximate surface area is 133 Å². The van der Waals surface area contributed by atoms with Crippen molar-refractivity contribution in [2.75, 3.05) is 13.2 Å². The molecule has 110 valence electrons. The van der Waals surface area contributed by atoms with Crippen molar-refractivity contribution in [1.82, 2.24) is 5.32 Å². The predicted octanol–water partition coefficient (Wildman–Crippen LogP) is 3.75. The van der Waals surface area contributed by atoms with E-state index in [-0.39, 0.29) is 18.4 Å². The molecule has 0 aliphatic heterocycles. The van der Waals surface area contributed by atoms with E-state index in [1.54, 1.807) is 0 Å². The summed E-state index contributed by atoms with van der Waals surface area (Å²) in [5.74, 6) is 0.855. The fourth-order valence-corrected chi connectivity index (χ4v) is 2.16. The number of amides is 1. The van der Waals surface area contributed by atoms with E-state index in [4.69, 9.17) is 4.74 Å². The lowest BCUT2D eigenvalue weighted by atomic mass is 10.0. The fourth-order valence-electron chi connectivity index (χ4n) is 1.90. The lowest BCUT2D eigenvalue weighted by molar-refractivity contribution is -0.123. The second-order valence-electron chi connectivity index (χ2n) is 4.86. The highest BCUT2D eigenvalue weighted by atomic mass is 79.9. The largest absolute Gasteiger partial charge is 0.484 e. The van der Waals surface area contributed by atoms with Gasteiger partial charge in [0.1, 0.15) is 5.75 Å². The Balaban J connectivity index is 1.73. The van der Waals surface area contributed by atoms with Gasteiger partial charge in [-0.3, -0.25) is 4.79 Å². The molecular formula is C17H18BrNO2. The van der Waals surface area contributed by atoms with Gasteiger partial charge in [0.2, 0.25) is 0 Å². The van der Waals surface area contributed by atoms with E-state index in [2.05, 4.69) is 40.3 Å². The van der Waals surface area contributed by atoms with E-state index in [1.807, 2.05) is 42.5 Å². The van der Waals surface area contributed by atoms with Crippen LogP contribution in [0.4, 0.5) is 0 Å². The topological polar surface area (TPSA) is 38.3 Å². The van der Waals surface area contributed by atoms with Crippen molar-refractivity contribution in [3.63, 3.8) is 0 Å². The van der Waals surface area contributed by atoms with E-state index in [0.29, 0.717) is 12.3 Å². The zero-order valence-corrected chi connectivity index (χ0v) is 13.5. The summed E-state index contributed by atoms with van der Waals surface area (Å²) in [4.78, 5) is 11.8. The minimum absolute atomic E-state index is 0.0309. The van der Waals surface area contributed by atoms with Gasteiger partial charge in [0.15, 0.2) is 6.61 Å². The van der Waals surface area contributed by atoms with Gasteiger partial charge in [-0.2, -0.15) is 0 Å². The normalized spacial score (nSPS) is 11.7. The van der Waals surface area contributed by atoms with E-state index < -0.39 is 0 Å². The summed E-state index contributed by atoms with van der Waals surface area (Å²) < 4.78 is 6.41. The molecule has 0 heterocycles. The number of hydrogen-bond donors (Lipinski definition) is 1. The molecule has 0 aliphatic rings. The van der Waals surface area contributed by atoms with Crippen molar-refractivity contribution in [1.29, 1.82) is 0 Å². The predicted molar refractivity (Wildman–Crippen MR) is 87.5 cm³/mol. The second-order valence-corrected chi connectivity index (χ2v) is 5.77. The molecule has 0 saturated heterocycles. The van der Waals surface area contributed by atoms with Gasteiger partial charge in [-0.15, -0.1) is 0 Å². The molecule has 0 saturated carbocycles. The van der Waals surface area contributed by atoms with E-state index in [0.717, 1.165) is 4.47 Å². The molecule has 4 heteroatoms. The Morgan fingerprint density at radius 3 is 2.48 bits per heavy atom. The van der Waals surface area contributed by atoms with Crippen molar-refractivity contribution < 1.29 is 9.53 Å². The van der Waals surface area contributed by atoms with Gasteiger partial charge in [0.25, 0.3) is 5.91 Å². The van der Waals surface area contributed by atoms with Crippen LogP contribution in [0.5, 0.6) is 5.75 Å². The third-order valence-corrected chi connectivity index (χ3v) is 3.69. The molecule has 0 fully saturated rings. The lowest BCUT2D eigenvalue weighted by Crippen LogP contribution is -2.31. The summed E-state index contributed by atoms with van der Waals surface area (Å²) in [6.07, 6.45) is 0. The molecule has 2 aromatic carbocycles. The number of rotatable bonds is 6. The summed E-state index contributed by atoms with van der Waals surface area (Å²) in [6.45, 7) is 2.72. The fraction of sp³-hybridized carbons (Fsp3) is 0.235. The number of halogens is 1. The molecule has 0 radical (unpaired) electrons. The SMILES string of the molecule is C[C@H](CNC(=O)COc1ccc(Br)cc1)c1ccccc1. The van der Waals surface area contributed by atoms with Crippen molar-refractivity contribution in [3.8, 4) is 5.75 Å². The van der Waals surface area contributed by atoms with Crippen LogP contribution in [0.2, 0.25) is 0 Å². The van der Waals surface area contributed by atoms with Crippen molar-refractivity contribution in [2.24, 2.45) is 0 Å². The van der Waals surface area contributed by atoms with Crippen LogP contribution in [0.3, 0.4) is 0 Å². The molecule has 0 bridgehead atoms. The first kappa shape index (κ1) is 15.6. The van der Waals surface area contributed by atoms with Crippen LogP contribution in [-0.2, 0) is 4.79 Å². The number of ether oxygens (including phenoxy) is 1. The maximum Gasteiger partial charge on any atom is 0.257 e. The van der Waals surface area contributed by atoms with Crippen molar-refractivity contribution in [3.05, 3.63) is 64.6 Å². The summed E-state index contributed by atoms with van der Waals surface area (Å²) in [6, 6.07) is 17.5. The maximum absolute atomic E-state index is 11.8. The second kappa shape index (κ2) is 7.84. The molecule has 21 heavy (non-hydrogen) atoms. The first-order chi connectivity index (χ1) is 10.1. The zero-order valence-electron chi connectivity index (χ0n) is 11.9. The average molecular weight is 348 g/mol. The molecule has 3 nitrogen and oxygen atoms in total. The minimum Gasteiger partial charge on any atom is -0.484 e. The first-order valence-corrected chi connectivity index (χ1v) is 7.64. The van der Waals surface area contributed by atoms with Gasteiger partial charge >= 0.3 is 0 Å². The average Bonchev–Trinajstić information content (AvgIpc) is 2.53. The Bertz CT molecular complexity index is 569. The Kier molecular flexibility index (Phi) is 5.81. The summed E-state index contributed by atoms with van der Waals surface area (Å²) in [5.41, 5.74) is 1.21. The van der Waals surface area contributed by atoms with Gasteiger partial charge in [0.05, 0.1) is 0 Å². The van der Waals surface area contributed by atoms with Gasteiger partial charge < -0.3 is 10.1 Å². The summed E-state index contributed by atoms with van der Waals surface area (Å²) in [7, 11) is 0. The number of carbonyl (C=O) groups is 1. The maximum atomic E-state index is 11.8. The van der Waals surface area contributed by atoms with Crippen LogP contribution in [0.25, 0.3) is 0 Å². The third kappa shape index (κ3) is 5.23. The molecule has 0 unspecified atom stereocenters. The first-order valence-electron chi connectivity index (χ1n) is 6.85. The van der Waals surface area contributed by atoms with Crippen LogP contribution in [0.15, 0.2) is 59.1 Å². The Hall–Kier alpha value is -1.81. The smallest absolute Gasteiger partial charge is 0.257 e. The molecule has 2 aromatic rings. The van der Waals surface area contributed by atoms with Gasteiger partial charge in [0, 0.05) is 11.0 Å². The Morgan fingerprint density at radius 2 is 1.81 bits per heavy atom. The third-order valence-electron chi connectivity index (χ3n) is 3.16. The van der Waals surface area contributed by atoms with Gasteiger partial charge in [-0.05, 0) is 35.7 Å². The lowest BCUT2D eigenvalue weighted by Gasteiger charge is -2.13. The van der Waals surface area contributed by atoms with Crippen LogP contribution in [0.1, 0.15) is 18.4 Å². The van der Waals surface area contributed by atoms with E-state index in [9.17, 15) is 4.79 Å². The number of nitrogens with one attached hydrogen (secondary N) is 1. The molecule has 1 amide bonds. The number of benzene rings is 2. The van der Waals surface area contributed by atoms with Crippen molar-refractivity contribution >= 4 is 21.8 Å². The van der Waals surface area contributed by atoms with E-state index >= 15 is 0 Å². The standard InChI is InChI=1S/C17H18BrNO2/c1-13(14-5-3-2-4-6-14)11-19-17(20)12-21-16-9-7-15(18)8-10-16/h2-10,13H,11-12H2,1H3,(H,19,20)/t13-/m1/s1. The molecular weight excluding hydrogens is 330 g/mol. The highest BCUT2D eigenvalue weighted by molar-refractivity contribution is 9.10. The van der Waals surface area contributed by atoms with Gasteiger partial charge in [-0.25, -0.2) is 0 Å². The molecule has 0 aliphatic carbocycles. The van der Waals surface area contributed by atoms with Crippen LogP contribution in [-0.4, -0.2) is 19.1 Å². The molecule has 2 rings (SSSR count). The highest BCUT2D eigenvalue weighted by Crippen LogP contribution is 2.16.